The van der Waals surface area contributed by atoms with Gasteiger partial charge in [-0.3, -0.25) is 4.79 Å². The van der Waals surface area contributed by atoms with Crippen molar-refractivity contribution in [2.75, 3.05) is 23.3 Å². The van der Waals surface area contributed by atoms with E-state index in [-0.39, 0.29) is 11.9 Å². The molecule has 1 saturated heterocycles. The number of oxazole rings is 1. The number of aromatic nitrogens is 3. The lowest BCUT2D eigenvalue weighted by Gasteiger charge is -2.31. The maximum absolute atomic E-state index is 11.9. The standard InChI is InChI=1S/C21H22N6O2/c1-13-19(28)22-9-10-27(13)21-24-12-18(29-21)15-3-2-4-16(11-15)25-20-23-8-7-17(26-20)14-5-6-14/h2-4,7-8,11-14H,5-6,9-10H2,1H3,(H,22,28)(H,23,25,26). The number of anilines is 3. The van der Waals surface area contributed by atoms with E-state index >= 15 is 0 Å². The summed E-state index contributed by atoms with van der Waals surface area (Å²) in [5, 5.41) is 6.12. The Hall–Kier alpha value is -3.42. The molecule has 2 aliphatic rings. The summed E-state index contributed by atoms with van der Waals surface area (Å²) in [7, 11) is 0. The SMILES string of the molecule is CC1C(=O)NCCN1c1ncc(-c2cccc(Nc3nccc(C4CC4)n3)c2)o1. The Morgan fingerprint density at radius 3 is 3.00 bits per heavy atom. The van der Waals surface area contributed by atoms with E-state index in [0.717, 1.165) is 16.9 Å². The highest BCUT2D eigenvalue weighted by Gasteiger charge is 2.29. The van der Waals surface area contributed by atoms with Gasteiger partial charge in [-0.05, 0) is 38.0 Å². The number of amides is 1. The third-order valence-electron chi connectivity index (χ3n) is 5.31. The van der Waals surface area contributed by atoms with E-state index in [1.165, 1.54) is 12.8 Å². The van der Waals surface area contributed by atoms with Crippen molar-refractivity contribution in [3.05, 3.63) is 48.4 Å². The van der Waals surface area contributed by atoms with Gasteiger partial charge < -0.3 is 20.0 Å². The average Bonchev–Trinajstić information content (AvgIpc) is 3.48. The summed E-state index contributed by atoms with van der Waals surface area (Å²) in [4.78, 5) is 27.1. The normalized spacial score (nSPS) is 19.1. The maximum Gasteiger partial charge on any atom is 0.298 e. The summed E-state index contributed by atoms with van der Waals surface area (Å²) in [6.07, 6.45) is 5.90. The summed E-state index contributed by atoms with van der Waals surface area (Å²) < 4.78 is 5.97. The Balaban J connectivity index is 1.35. The second kappa shape index (κ2) is 7.20. The number of nitrogens with zero attached hydrogens (tertiary/aromatic N) is 4. The minimum atomic E-state index is -0.306. The van der Waals surface area contributed by atoms with Crippen LogP contribution >= 0.6 is 0 Å². The van der Waals surface area contributed by atoms with Gasteiger partial charge in [-0.1, -0.05) is 12.1 Å². The maximum atomic E-state index is 11.9. The van der Waals surface area contributed by atoms with Crippen molar-refractivity contribution in [3.8, 4) is 11.3 Å². The molecule has 0 spiro atoms. The number of carbonyl (C=O) groups excluding carboxylic acids is 1. The zero-order chi connectivity index (χ0) is 19.8. The number of hydrogen-bond donors (Lipinski definition) is 2. The number of hydrogen-bond acceptors (Lipinski definition) is 7. The molecule has 3 aromatic rings. The first-order valence-electron chi connectivity index (χ1n) is 9.88. The molecule has 5 rings (SSSR count). The lowest BCUT2D eigenvalue weighted by Crippen LogP contribution is -2.54. The molecule has 1 unspecified atom stereocenters. The van der Waals surface area contributed by atoms with Gasteiger partial charge in [0.05, 0.1) is 6.20 Å². The summed E-state index contributed by atoms with van der Waals surface area (Å²) in [5.41, 5.74) is 2.86. The highest BCUT2D eigenvalue weighted by molar-refractivity contribution is 5.85. The molecule has 1 amide bonds. The lowest BCUT2D eigenvalue weighted by molar-refractivity contribution is -0.123. The molecule has 1 aliphatic carbocycles. The number of piperazine rings is 1. The monoisotopic (exact) mass is 390 g/mol. The van der Waals surface area contributed by atoms with Gasteiger partial charge in [-0.15, -0.1) is 0 Å². The molecule has 1 saturated carbocycles. The van der Waals surface area contributed by atoms with Gasteiger partial charge in [-0.2, -0.15) is 0 Å². The second-order valence-corrected chi connectivity index (χ2v) is 7.45. The molecule has 0 bridgehead atoms. The molecule has 8 heteroatoms. The van der Waals surface area contributed by atoms with Gasteiger partial charge in [0.1, 0.15) is 6.04 Å². The van der Waals surface area contributed by atoms with Crippen LogP contribution in [0.2, 0.25) is 0 Å². The van der Waals surface area contributed by atoms with Crippen LogP contribution in [0.15, 0.2) is 47.1 Å². The van der Waals surface area contributed by atoms with Gasteiger partial charge in [0.25, 0.3) is 6.01 Å². The summed E-state index contributed by atoms with van der Waals surface area (Å²) in [5.74, 6) is 1.81. The van der Waals surface area contributed by atoms with E-state index in [4.69, 9.17) is 4.42 Å². The van der Waals surface area contributed by atoms with Gasteiger partial charge >= 0.3 is 0 Å². The number of nitrogens with one attached hydrogen (secondary N) is 2. The van der Waals surface area contributed by atoms with Crippen LogP contribution in [0.3, 0.4) is 0 Å². The van der Waals surface area contributed by atoms with E-state index in [1.54, 1.807) is 12.4 Å². The first kappa shape index (κ1) is 17.7. The zero-order valence-electron chi connectivity index (χ0n) is 16.1. The van der Waals surface area contributed by atoms with Crippen LogP contribution in [-0.2, 0) is 4.79 Å². The Morgan fingerprint density at radius 1 is 1.24 bits per heavy atom. The first-order chi connectivity index (χ1) is 14.2. The van der Waals surface area contributed by atoms with Gasteiger partial charge in [0, 0.05) is 42.1 Å². The fraction of sp³-hybridized carbons (Fsp3) is 0.333. The van der Waals surface area contributed by atoms with Gasteiger partial charge in [0.2, 0.25) is 11.9 Å². The Morgan fingerprint density at radius 2 is 2.14 bits per heavy atom. The highest BCUT2D eigenvalue weighted by atomic mass is 16.4. The van der Waals surface area contributed by atoms with Crippen molar-refractivity contribution in [1.82, 2.24) is 20.3 Å². The van der Waals surface area contributed by atoms with Crippen molar-refractivity contribution >= 4 is 23.6 Å². The molecule has 1 aromatic carbocycles. The average molecular weight is 390 g/mol. The Kier molecular flexibility index (Phi) is 4.38. The summed E-state index contributed by atoms with van der Waals surface area (Å²) in [6.45, 7) is 3.10. The molecule has 148 valence electrons. The molecule has 2 aromatic heterocycles. The first-order valence-corrected chi connectivity index (χ1v) is 9.88. The van der Waals surface area contributed by atoms with Crippen molar-refractivity contribution in [2.45, 2.75) is 31.7 Å². The zero-order valence-corrected chi connectivity index (χ0v) is 16.1. The fourth-order valence-corrected chi connectivity index (χ4v) is 3.49. The van der Waals surface area contributed by atoms with Crippen LogP contribution in [0.1, 0.15) is 31.4 Å². The molecule has 0 radical (unpaired) electrons. The second-order valence-electron chi connectivity index (χ2n) is 7.45. The van der Waals surface area contributed by atoms with Crippen molar-refractivity contribution < 1.29 is 9.21 Å². The van der Waals surface area contributed by atoms with E-state index in [1.807, 2.05) is 42.2 Å². The molecule has 1 atom stereocenters. The predicted octanol–water partition coefficient (Wildman–Crippen LogP) is 3.08. The molecular weight excluding hydrogens is 368 g/mol. The van der Waals surface area contributed by atoms with Crippen LogP contribution in [0.25, 0.3) is 11.3 Å². The minimum Gasteiger partial charge on any atom is -0.423 e. The third kappa shape index (κ3) is 3.65. The van der Waals surface area contributed by atoms with E-state index in [2.05, 4.69) is 25.6 Å². The summed E-state index contributed by atoms with van der Waals surface area (Å²) >= 11 is 0. The Bertz CT molecular complexity index is 1040. The molecular formula is C21H22N6O2. The van der Waals surface area contributed by atoms with Gasteiger partial charge in [0.15, 0.2) is 5.76 Å². The Labute approximate surface area is 168 Å². The topological polar surface area (TPSA) is 96.2 Å². The van der Waals surface area contributed by atoms with Crippen LogP contribution < -0.4 is 15.5 Å². The number of benzene rings is 1. The largest absolute Gasteiger partial charge is 0.423 e. The molecule has 3 heterocycles. The molecule has 2 fully saturated rings. The summed E-state index contributed by atoms with van der Waals surface area (Å²) in [6, 6.07) is 9.98. The quantitative estimate of drug-likeness (QED) is 0.691. The molecule has 8 nitrogen and oxygen atoms in total. The number of carbonyl (C=O) groups is 1. The fourth-order valence-electron chi connectivity index (χ4n) is 3.49. The van der Waals surface area contributed by atoms with Crippen LogP contribution in [0.4, 0.5) is 17.7 Å². The van der Waals surface area contributed by atoms with Gasteiger partial charge in [-0.25, -0.2) is 15.0 Å². The van der Waals surface area contributed by atoms with E-state index in [0.29, 0.717) is 36.7 Å². The predicted molar refractivity (Wildman–Crippen MR) is 109 cm³/mol. The smallest absolute Gasteiger partial charge is 0.298 e. The number of rotatable bonds is 5. The van der Waals surface area contributed by atoms with E-state index in [9.17, 15) is 4.79 Å². The highest BCUT2D eigenvalue weighted by Crippen LogP contribution is 2.39. The minimum absolute atomic E-state index is 0.0179. The molecule has 1 aliphatic heterocycles. The van der Waals surface area contributed by atoms with Crippen molar-refractivity contribution in [3.63, 3.8) is 0 Å². The van der Waals surface area contributed by atoms with Crippen LogP contribution in [-0.4, -0.2) is 40.0 Å². The van der Waals surface area contributed by atoms with Crippen molar-refractivity contribution in [2.24, 2.45) is 0 Å². The van der Waals surface area contributed by atoms with E-state index < -0.39 is 0 Å². The molecule has 29 heavy (non-hydrogen) atoms. The van der Waals surface area contributed by atoms with Crippen LogP contribution in [0, 0.1) is 0 Å². The molecule has 2 N–H and O–H groups in total. The van der Waals surface area contributed by atoms with Crippen LogP contribution in [0.5, 0.6) is 0 Å². The third-order valence-corrected chi connectivity index (χ3v) is 5.31. The lowest BCUT2D eigenvalue weighted by atomic mass is 10.1. The van der Waals surface area contributed by atoms with Crippen molar-refractivity contribution in [1.29, 1.82) is 0 Å².